The number of nitrogens with zero attached hydrogens (tertiary/aromatic N) is 1. The third kappa shape index (κ3) is 6.53. The Morgan fingerprint density at radius 2 is 1.70 bits per heavy atom. The minimum Gasteiger partial charge on any atom is -0.350 e. The van der Waals surface area contributed by atoms with Crippen molar-refractivity contribution in [1.29, 1.82) is 0 Å². The fourth-order valence-electron chi connectivity index (χ4n) is 2.74. The number of aryl methyl sites for hydroxylation is 2. The zero-order chi connectivity index (χ0) is 20.0. The number of amides is 2. The van der Waals surface area contributed by atoms with Gasteiger partial charge >= 0.3 is 0 Å². The first-order valence-corrected chi connectivity index (χ1v) is 9.20. The predicted molar refractivity (Wildman–Crippen MR) is 110 cm³/mol. The molecule has 5 nitrogen and oxygen atoms in total. The van der Waals surface area contributed by atoms with Gasteiger partial charge in [-0.15, -0.1) is 0 Å². The quantitative estimate of drug-likeness (QED) is 0.787. The fraction of sp³-hybridized carbons (Fsp3) is 0.364. The number of hydrogen-bond donors (Lipinski definition) is 2. The van der Waals surface area contributed by atoms with Crippen molar-refractivity contribution < 1.29 is 9.59 Å². The van der Waals surface area contributed by atoms with Gasteiger partial charge in [-0.2, -0.15) is 0 Å². The van der Waals surface area contributed by atoms with Crippen LogP contribution < -0.4 is 10.6 Å². The van der Waals surface area contributed by atoms with Crippen LogP contribution >= 0.6 is 0 Å². The molecule has 2 aromatic rings. The third-order valence-electron chi connectivity index (χ3n) is 4.18. The van der Waals surface area contributed by atoms with Crippen LogP contribution in [0, 0.1) is 13.8 Å². The minimum absolute atomic E-state index is 0.0623. The summed E-state index contributed by atoms with van der Waals surface area (Å²) in [5.41, 5.74) is 4.51. The minimum atomic E-state index is -0.142. The van der Waals surface area contributed by atoms with Gasteiger partial charge in [0.1, 0.15) is 0 Å². The molecule has 0 bridgehead atoms. The molecule has 2 aromatic carbocycles. The number of carbonyl (C=O) groups excluding carboxylic acids is 2. The topological polar surface area (TPSA) is 61.4 Å². The highest BCUT2D eigenvalue weighted by atomic mass is 16.2. The molecule has 0 saturated heterocycles. The van der Waals surface area contributed by atoms with Crippen LogP contribution in [0.25, 0.3) is 0 Å². The average Bonchev–Trinajstić information content (AvgIpc) is 2.58. The molecular weight excluding hydrogens is 338 g/mol. The van der Waals surface area contributed by atoms with Crippen molar-refractivity contribution in [2.45, 2.75) is 40.3 Å². The third-order valence-corrected chi connectivity index (χ3v) is 4.18. The molecule has 2 rings (SSSR count). The van der Waals surface area contributed by atoms with E-state index in [2.05, 4.69) is 41.8 Å². The Bertz CT molecular complexity index is 798. The second kappa shape index (κ2) is 9.33. The molecule has 0 aliphatic carbocycles. The number of rotatable bonds is 7. The van der Waals surface area contributed by atoms with E-state index in [9.17, 15) is 9.59 Å². The molecule has 0 fully saturated rings. The molecular formula is C22H29N3O2. The van der Waals surface area contributed by atoms with Gasteiger partial charge in [0.2, 0.25) is 5.91 Å². The Balaban J connectivity index is 1.97. The van der Waals surface area contributed by atoms with Gasteiger partial charge in [0.25, 0.3) is 5.91 Å². The first-order chi connectivity index (χ1) is 12.7. The molecule has 27 heavy (non-hydrogen) atoms. The second-order valence-electron chi connectivity index (χ2n) is 7.36. The summed E-state index contributed by atoms with van der Waals surface area (Å²) in [5.74, 6) is -0.244. The SMILES string of the molecule is Cc1ccc(CN(C)CC(=O)Nc2cc(C(=O)NC(C)C)ccc2C)cc1. The van der Waals surface area contributed by atoms with Crippen LogP contribution in [0.2, 0.25) is 0 Å². The van der Waals surface area contributed by atoms with Gasteiger partial charge in [0.15, 0.2) is 0 Å². The van der Waals surface area contributed by atoms with Crippen molar-refractivity contribution in [3.05, 3.63) is 64.7 Å². The maximum atomic E-state index is 12.4. The number of carbonyl (C=O) groups is 2. The summed E-state index contributed by atoms with van der Waals surface area (Å²) < 4.78 is 0. The second-order valence-corrected chi connectivity index (χ2v) is 7.36. The summed E-state index contributed by atoms with van der Waals surface area (Å²) in [7, 11) is 1.92. The van der Waals surface area contributed by atoms with Crippen LogP contribution in [0.4, 0.5) is 5.69 Å². The molecule has 0 aromatic heterocycles. The van der Waals surface area contributed by atoms with Gasteiger partial charge in [-0.3, -0.25) is 14.5 Å². The summed E-state index contributed by atoms with van der Waals surface area (Å²) in [5, 5.41) is 5.79. The Morgan fingerprint density at radius 3 is 2.33 bits per heavy atom. The van der Waals surface area contributed by atoms with Gasteiger partial charge < -0.3 is 10.6 Å². The van der Waals surface area contributed by atoms with E-state index in [1.54, 1.807) is 12.1 Å². The van der Waals surface area contributed by atoms with Crippen LogP contribution in [-0.4, -0.2) is 36.3 Å². The largest absolute Gasteiger partial charge is 0.350 e. The van der Waals surface area contributed by atoms with Crippen molar-refractivity contribution in [1.82, 2.24) is 10.2 Å². The first-order valence-electron chi connectivity index (χ1n) is 9.20. The monoisotopic (exact) mass is 367 g/mol. The molecule has 0 heterocycles. The lowest BCUT2D eigenvalue weighted by atomic mass is 10.1. The summed E-state index contributed by atoms with van der Waals surface area (Å²) in [6.07, 6.45) is 0. The summed E-state index contributed by atoms with van der Waals surface area (Å²) in [6.45, 7) is 8.77. The Morgan fingerprint density at radius 1 is 1.04 bits per heavy atom. The molecule has 2 N–H and O–H groups in total. The van der Waals surface area contributed by atoms with Gasteiger partial charge in [-0.1, -0.05) is 35.9 Å². The molecule has 0 aliphatic heterocycles. The first kappa shape index (κ1) is 20.6. The lowest BCUT2D eigenvalue weighted by Crippen LogP contribution is -2.31. The molecule has 144 valence electrons. The van der Waals surface area contributed by atoms with Crippen molar-refractivity contribution in [2.75, 3.05) is 18.9 Å². The highest BCUT2D eigenvalue weighted by molar-refractivity contribution is 5.98. The number of nitrogens with one attached hydrogen (secondary N) is 2. The van der Waals surface area contributed by atoms with E-state index in [1.807, 2.05) is 38.8 Å². The molecule has 0 aliphatic rings. The molecule has 0 unspecified atom stereocenters. The standard InChI is InChI=1S/C22H29N3O2/c1-15(2)23-22(27)19-11-8-17(4)20(12-19)24-21(26)14-25(5)13-18-9-6-16(3)7-10-18/h6-12,15H,13-14H2,1-5H3,(H,23,27)(H,24,26). The smallest absolute Gasteiger partial charge is 0.251 e. The van der Waals surface area contributed by atoms with Crippen molar-refractivity contribution in [3.8, 4) is 0 Å². The van der Waals surface area contributed by atoms with E-state index in [0.717, 1.165) is 5.56 Å². The summed E-state index contributed by atoms with van der Waals surface area (Å²) in [6, 6.07) is 13.7. The number of hydrogen-bond acceptors (Lipinski definition) is 3. The van der Waals surface area contributed by atoms with Crippen molar-refractivity contribution in [3.63, 3.8) is 0 Å². The molecule has 0 radical (unpaired) electrons. The highest BCUT2D eigenvalue weighted by Crippen LogP contribution is 2.17. The zero-order valence-corrected chi connectivity index (χ0v) is 16.8. The normalized spacial score (nSPS) is 10.9. The lowest BCUT2D eigenvalue weighted by molar-refractivity contribution is -0.117. The van der Waals surface area contributed by atoms with Crippen molar-refractivity contribution in [2.24, 2.45) is 0 Å². The number of likely N-dealkylation sites (N-methyl/N-ethyl adjacent to an activating group) is 1. The van der Waals surface area contributed by atoms with E-state index < -0.39 is 0 Å². The van der Waals surface area contributed by atoms with E-state index in [-0.39, 0.29) is 24.4 Å². The fourth-order valence-corrected chi connectivity index (χ4v) is 2.74. The van der Waals surface area contributed by atoms with Crippen molar-refractivity contribution >= 4 is 17.5 Å². The zero-order valence-electron chi connectivity index (χ0n) is 16.8. The average molecular weight is 367 g/mol. The number of benzene rings is 2. The molecule has 0 spiro atoms. The van der Waals surface area contributed by atoms with Gasteiger partial charge in [-0.05, 0) is 58.0 Å². The van der Waals surface area contributed by atoms with E-state index >= 15 is 0 Å². The number of anilines is 1. The maximum absolute atomic E-state index is 12.4. The summed E-state index contributed by atoms with van der Waals surface area (Å²) >= 11 is 0. The predicted octanol–water partition coefficient (Wildman–Crippen LogP) is 3.51. The van der Waals surface area contributed by atoms with Gasteiger partial charge in [0, 0.05) is 23.8 Å². The van der Waals surface area contributed by atoms with Crippen LogP contribution in [0.5, 0.6) is 0 Å². The highest BCUT2D eigenvalue weighted by Gasteiger charge is 2.12. The lowest BCUT2D eigenvalue weighted by Gasteiger charge is -2.17. The van der Waals surface area contributed by atoms with Crippen LogP contribution in [-0.2, 0) is 11.3 Å². The van der Waals surface area contributed by atoms with Gasteiger partial charge in [0.05, 0.1) is 6.54 Å². The van der Waals surface area contributed by atoms with E-state index in [4.69, 9.17) is 0 Å². The van der Waals surface area contributed by atoms with E-state index in [0.29, 0.717) is 17.8 Å². The Hall–Kier alpha value is -2.66. The van der Waals surface area contributed by atoms with Gasteiger partial charge in [-0.25, -0.2) is 0 Å². The summed E-state index contributed by atoms with van der Waals surface area (Å²) in [4.78, 5) is 26.6. The molecule has 0 atom stereocenters. The van der Waals surface area contributed by atoms with Crippen LogP contribution in [0.3, 0.4) is 0 Å². The van der Waals surface area contributed by atoms with Crippen LogP contribution in [0.1, 0.15) is 40.9 Å². The maximum Gasteiger partial charge on any atom is 0.251 e. The molecule has 5 heteroatoms. The van der Waals surface area contributed by atoms with E-state index in [1.165, 1.54) is 11.1 Å². The Labute approximate surface area is 161 Å². The van der Waals surface area contributed by atoms with Crippen LogP contribution in [0.15, 0.2) is 42.5 Å². The molecule has 2 amide bonds. The Kier molecular flexibility index (Phi) is 7.13. The molecule has 0 saturated carbocycles.